The standard InChI is InChI=1S/C23H20F6N2O2/c24-11-3-6-15-16(30-33-17(15)8-11)2-1-7-31-12-4-5-13(31)10-14(9-12)32-23-21(28)19(26)18(25)20(27)22(23)29/h3,6,8,12-14H,1-2,4-5,7,9-10H2/t12-,13+,14+. The fourth-order valence-corrected chi connectivity index (χ4v) is 5.11. The summed E-state index contributed by atoms with van der Waals surface area (Å²) in [5.74, 6) is -11.7. The predicted octanol–water partition coefficient (Wildman–Crippen LogP) is 5.67. The van der Waals surface area contributed by atoms with Crippen molar-refractivity contribution < 1.29 is 35.6 Å². The first-order valence-corrected chi connectivity index (χ1v) is 10.8. The Bertz CT molecular complexity index is 1160. The fraction of sp³-hybridized carbons (Fsp3) is 0.435. The molecule has 0 N–H and O–H groups in total. The average molecular weight is 470 g/mol. The highest BCUT2D eigenvalue weighted by Crippen LogP contribution is 2.39. The summed E-state index contributed by atoms with van der Waals surface area (Å²) in [5.41, 5.74) is 1.15. The molecular weight excluding hydrogens is 450 g/mol. The molecular formula is C23H20F6N2O2. The van der Waals surface area contributed by atoms with Crippen molar-refractivity contribution in [2.75, 3.05) is 6.54 Å². The Hall–Kier alpha value is -2.75. The predicted molar refractivity (Wildman–Crippen MR) is 106 cm³/mol. The second kappa shape index (κ2) is 8.55. The van der Waals surface area contributed by atoms with Crippen molar-refractivity contribution in [1.29, 1.82) is 0 Å². The van der Waals surface area contributed by atoms with E-state index in [4.69, 9.17) is 9.26 Å². The van der Waals surface area contributed by atoms with Crippen molar-refractivity contribution in [3.8, 4) is 5.75 Å². The zero-order chi connectivity index (χ0) is 23.3. The van der Waals surface area contributed by atoms with Gasteiger partial charge in [0.1, 0.15) is 11.9 Å². The van der Waals surface area contributed by atoms with Crippen molar-refractivity contribution in [2.24, 2.45) is 0 Å². The van der Waals surface area contributed by atoms with Gasteiger partial charge in [-0.15, -0.1) is 0 Å². The largest absolute Gasteiger partial charge is 0.484 e. The van der Waals surface area contributed by atoms with E-state index < -0.39 is 46.8 Å². The zero-order valence-electron chi connectivity index (χ0n) is 17.4. The summed E-state index contributed by atoms with van der Waals surface area (Å²) in [6, 6.07) is 4.49. The van der Waals surface area contributed by atoms with Gasteiger partial charge in [-0.1, -0.05) is 5.16 Å². The Morgan fingerprint density at radius 1 is 0.909 bits per heavy atom. The average Bonchev–Trinajstić information content (AvgIpc) is 3.30. The quantitative estimate of drug-likeness (QED) is 0.264. The van der Waals surface area contributed by atoms with Gasteiger partial charge >= 0.3 is 0 Å². The molecule has 0 radical (unpaired) electrons. The van der Waals surface area contributed by atoms with Crippen LogP contribution in [0.2, 0.25) is 0 Å². The maximum absolute atomic E-state index is 14.0. The maximum atomic E-state index is 14.0. The molecule has 3 atom stereocenters. The number of aromatic nitrogens is 1. The molecule has 2 saturated heterocycles. The Morgan fingerprint density at radius 2 is 1.55 bits per heavy atom. The van der Waals surface area contributed by atoms with E-state index in [1.165, 1.54) is 12.1 Å². The number of rotatable bonds is 6. The maximum Gasteiger partial charge on any atom is 0.207 e. The molecule has 0 unspecified atom stereocenters. The molecule has 2 fully saturated rings. The first kappa shape index (κ1) is 22.1. The molecule has 4 nitrogen and oxygen atoms in total. The van der Waals surface area contributed by atoms with Crippen LogP contribution in [0.3, 0.4) is 0 Å². The van der Waals surface area contributed by atoms with Crippen LogP contribution >= 0.6 is 0 Å². The van der Waals surface area contributed by atoms with E-state index >= 15 is 0 Å². The van der Waals surface area contributed by atoms with Crippen LogP contribution in [-0.4, -0.2) is 34.8 Å². The molecule has 0 saturated carbocycles. The molecule has 10 heteroatoms. The molecule has 5 rings (SSSR count). The molecule has 2 aromatic carbocycles. The van der Waals surface area contributed by atoms with Crippen LogP contribution in [0.1, 0.15) is 37.8 Å². The van der Waals surface area contributed by atoms with E-state index in [2.05, 4.69) is 10.1 Å². The van der Waals surface area contributed by atoms with Crippen LogP contribution in [0.25, 0.3) is 11.0 Å². The van der Waals surface area contributed by atoms with Gasteiger partial charge in [0.2, 0.25) is 29.1 Å². The first-order valence-electron chi connectivity index (χ1n) is 10.8. The number of hydrogen-bond donors (Lipinski definition) is 0. The van der Waals surface area contributed by atoms with Crippen molar-refractivity contribution in [3.63, 3.8) is 0 Å². The Balaban J connectivity index is 1.21. The molecule has 3 aromatic rings. The minimum atomic E-state index is -2.20. The molecule has 0 spiro atoms. The number of piperidine rings is 1. The molecule has 1 aromatic heterocycles. The SMILES string of the molecule is Fc1ccc2c(CCCN3[C@@H]4CC[C@H]3C[C@@H](Oc3c(F)c(F)c(F)c(F)c3F)C4)noc2c1. The van der Waals surface area contributed by atoms with Crippen LogP contribution in [0.5, 0.6) is 5.75 Å². The van der Waals surface area contributed by atoms with Gasteiger partial charge in [0.05, 0.1) is 5.69 Å². The minimum Gasteiger partial charge on any atom is -0.484 e. The second-order valence-corrected chi connectivity index (χ2v) is 8.61. The molecule has 2 aliphatic heterocycles. The fourth-order valence-electron chi connectivity index (χ4n) is 5.11. The van der Waals surface area contributed by atoms with Gasteiger partial charge in [-0.25, -0.2) is 17.6 Å². The zero-order valence-corrected chi connectivity index (χ0v) is 17.4. The lowest BCUT2D eigenvalue weighted by Crippen LogP contribution is -2.46. The third-order valence-corrected chi connectivity index (χ3v) is 6.63. The number of fused-ring (bicyclic) bond motifs is 3. The minimum absolute atomic E-state index is 0.0955. The second-order valence-electron chi connectivity index (χ2n) is 8.61. The van der Waals surface area contributed by atoms with Gasteiger partial charge in [0.25, 0.3) is 0 Å². The summed E-state index contributed by atoms with van der Waals surface area (Å²) in [6.07, 6.45) is 3.38. The number of hydrogen-bond acceptors (Lipinski definition) is 4. The van der Waals surface area contributed by atoms with Gasteiger partial charge in [-0.2, -0.15) is 8.78 Å². The number of benzene rings is 2. The Labute approximate surface area is 185 Å². The van der Waals surface area contributed by atoms with Crippen molar-refractivity contribution in [3.05, 3.63) is 58.8 Å². The molecule has 33 heavy (non-hydrogen) atoms. The lowest BCUT2D eigenvalue weighted by atomic mass is 9.99. The smallest absolute Gasteiger partial charge is 0.207 e. The Kier molecular flexibility index (Phi) is 5.72. The third kappa shape index (κ3) is 3.94. The first-order chi connectivity index (χ1) is 15.8. The Morgan fingerprint density at radius 3 is 2.21 bits per heavy atom. The molecule has 2 bridgehead atoms. The van der Waals surface area contributed by atoms with Crippen molar-refractivity contribution in [2.45, 2.75) is 56.7 Å². The number of aryl methyl sites for hydroxylation is 1. The lowest BCUT2D eigenvalue weighted by Gasteiger charge is -2.39. The summed E-state index contributed by atoms with van der Waals surface area (Å²) in [4.78, 5) is 2.31. The molecule has 3 heterocycles. The van der Waals surface area contributed by atoms with Gasteiger partial charge in [0, 0.05) is 23.5 Å². The van der Waals surface area contributed by atoms with Crippen LogP contribution in [0, 0.1) is 34.9 Å². The summed E-state index contributed by atoms with van der Waals surface area (Å²) in [7, 11) is 0. The van der Waals surface area contributed by atoms with E-state index in [1.54, 1.807) is 6.07 Å². The van der Waals surface area contributed by atoms with Gasteiger partial charge < -0.3 is 9.26 Å². The molecule has 0 aliphatic carbocycles. The summed E-state index contributed by atoms with van der Waals surface area (Å²) in [5, 5.41) is 4.80. The monoisotopic (exact) mass is 470 g/mol. The molecule has 0 amide bonds. The van der Waals surface area contributed by atoms with Crippen LogP contribution in [-0.2, 0) is 6.42 Å². The van der Waals surface area contributed by atoms with Gasteiger partial charge in [-0.3, -0.25) is 4.90 Å². The van der Waals surface area contributed by atoms with Crippen molar-refractivity contribution >= 4 is 11.0 Å². The molecule has 2 aliphatic rings. The normalized spacial score (nSPS) is 22.9. The van der Waals surface area contributed by atoms with E-state index in [9.17, 15) is 26.3 Å². The van der Waals surface area contributed by atoms with E-state index in [1.807, 2.05) is 0 Å². The lowest BCUT2D eigenvalue weighted by molar-refractivity contribution is 0.0433. The highest BCUT2D eigenvalue weighted by Gasteiger charge is 2.42. The van der Waals surface area contributed by atoms with Gasteiger partial charge in [0.15, 0.2) is 11.3 Å². The van der Waals surface area contributed by atoms with Crippen molar-refractivity contribution in [1.82, 2.24) is 10.1 Å². The van der Waals surface area contributed by atoms with Crippen LogP contribution in [0.15, 0.2) is 22.7 Å². The number of nitrogens with zero attached hydrogens (tertiary/aromatic N) is 2. The summed E-state index contributed by atoms with van der Waals surface area (Å²) in [6.45, 7) is 0.750. The van der Waals surface area contributed by atoms with E-state index in [0.29, 0.717) is 24.8 Å². The number of halogens is 6. The van der Waals surface area contributed by atoms with Crippen LogP contribution in [0.4, 0.5) is 26.3 Å². The highest BCUT2D eigenvalue weighted by molar-refractivity contribution is 5.79. The van der Waals surface area contributed by atoms with E-state index in [-0.39, 0.29) is 12.1 Å². The summed E-state index contributed by atoms with van der Waals surface area (Å²) >= 11 is 0. The topological polar surface area (TPSA) is 38.5 Å². The van der Waals surface area contributed by atoms with E-state index in [0.717, 1.165) is 36.9 Å². The third-order valence-electron chi connectivity index (χ3n) is 6.63. The summed E-state index contributed by atoms with van der Waals surface area (Å²) < 4.78 is 92.0. The molecule has 176 valence electrons. The van der Waals surface area contributed by atoms with Crippen LogP contribution < -0.4 is 4.74 Å². The highest BCUT2D eigenvalue weighted by atomic mass is 19.2. The number of ether oxygens (including phenoxy) is 1. The van der Waals surface area contributed by atoms with Gasteiger partial charge in [-0.05, 0) is 57.2 Å².